The number of aryl methyl sites for hydroxylation is 3. The second kappa shape index (κ2) is 6.33. The molecule has 1 N–H and O–H groups in total. The largest absolute Gasteiger partial charge is 0.356 e. The van der Waals surface area contributed by atoms with Gasteiger partial charge in [-0.2, -0.15) is 0 Å². The van der Waals surface area contributed by atoms with Gasteiger partial charge in [0.25, 0.3) is 0 Å². The Bertz CT molecular complexity index is 1030. The highest BCUT2D eigenvalue weighted by atomic mass is 32.1. The molecule has 5 heteroatoms. The SMILES string of the molecule is Cc1ccc(-c2nc3ccc(C)cn3c2CNc2nc(C)cs2)cc1. The van der Waals surface area contributed by atoms with E-state index in [2.05, 4.69) is 76.5 Å². The van der Waals surface area contributed by atoms with E-state index < -0.39 is 0 Å². The smallest absolute Gasteiger partial charge is 0.183 e. The fraction of sp³-hybridized carbons (Fsp3) is 0.200. The number of imidazole rings is 1. The van der Waals surface area contributed by atoms with E-state index in [-0.39, 0.29) is 0 Å². The summed E-state index contributed by atoms with van der Waals surface area (Å²) in [6.07, 6.45) is 2.14. The van der Waals surface area contributed by atoms with Crippen molar-refractivity contribution in [3.8, 4) is 11.3 Å². The third kappa shape index (κ3) is 3.15. The van der Waals surface area contributed by atoms with Gasteiger partial charge in [0.2, 0.25) is 0 Å². The number of thiazole rings is 1. The Balaban J connectivity index is 1.79. The molecule has 4 rings (SSSR count). The molecule has 0 atom stereocenters. The van der Waals surface area contributed by atoms with Crippen molar-refractivity contribution in [2.75, 3.05) is 5.32 Å². The third-order valence-corrected chi connectivity index (χ3v) is 5.13. The summed E-state index contributed by atoms with van der Waals surface area (Å²) in [4.78, 5) is 9.38. The summed E-state index contributed by atoms with van der Waals surface area (Å²) in [6, 6.07) is 12.7. The van der Waals surface area contributed by atoms with Crippen molar-refractivity contribution in [1.29, 1.82) is 0 Å². The zero-order chi connectivity index (χ0) is 17.4. The summed E-state index contributed by atoms with van der Waals surface area (Å²) < 4.78 is 2.18. The Morgan fingerprint density at radius 2 is 1.72 bits per heavy atom. The van der Waals surface area contributed by atoms with Crippen LogP contribution in [-0.2, 0) is 6.54 Å². The molecule has 0 unspecified atom stereocenters. The maximum Gasteiger partial charge on any atom is 0.183 e. The van der Waals surface area contributed by atoms with E-state index in [1.165, 1.54) is 11.1 Å². The fourth-order valence-electron chi connectivity index (χ4n) is 2.91. The van der Waals surface area contributed by atoms with Crippen LogP contribution in [0, 0.1) is 20.8 Å². The van der Waals surface area contributed by atoms with E-state index >= 15 is 0 Å². The van der Waals surface area contributed by atoms with Crippen LogP contribution in [0.25, 0.3) is 16.9 Å². The summed E-state index contributed by atoms with van der Waals surface area (Å²) in [5.74, 6) is 0. The van der Waals surface area contributed by atoms with Gasteiger partial charge in [0.05, 0.1) is 23.6 Å². The lowest BCUT2D eigenvalue weighted by Crippen LogP contribution is -2.04. The number of anilines is 1. The highest BCUT2D eigenvalue weighted by Gasteiger charge is 2.14. The van der Waals surface area contributed by atoms with Crippen molar-refractivity contribution in [2.24, 2.45) is 0 Å². The summed E-state index contributed by atoms with van der Waals surface area (Å²) >= 11 is 1.63. The van der Waals surface area contributed by atoms with Crippen LogP contribution in [0.2, 0.25) is 0 Å². The number of rotatable bonds is 4. The van der Waals surface area contributed by atoms with Gasteiger partial charge in [-0.25, -0.2) is 9.97 Å². The van der Waals surface area contributed by atoms with E-state index in [0.29, 0.717) is 6.54 Å². The Morgan fingerprint density at radius 1 is 0.960 bits per heavy atom. The van der Waals surface area contributed by atoms with Gasteiger partial charge in [0, 0.05) is 17.1 Å². The first-order valence-electron chi connectivity index (χ1n) is 8.31. The fourth-order valence-corrected chi connectivity index (χ4v) is 3.59. The van der Waals surface area contributed by atoms with Crippen LogP contribution in [0.5, 0.6) is 0 Å². The minimum atomic E-state index is 0.681. The highest BCUT2D eigenvalue weighted by molar-refractivity contribution is 7.13. The Labute approximate surface area is 151 Å². The number of nitrogens with zero attached hydrogens (tertiary/aromatic N) is 3. The van der Waals surface area contributed by atoms with Gasteiger partial charge in [-0.1, -0.05) is 35.9 Å². The molecular weight excluding hydrogens is 328 g/mol. The molecule has 0 aliphatic heterocycles. The van der Waals surface area contributed by atoms with Crippen molar-refractivity contribution >= 4 is 22.1 Å². The molecule has 4 aromatic rings. The van der Waals surface area contributed by atoms with Crippen molar-refractivity contribution in [1.82, 2.24) is 14.4 Å². The Hall–Kier alpha value is -2.66. The molecule has 0 bridgehead atoms. The number of benzene rings is 1. The van der Waals surface area contributed by atoms with Crippen LogP contribution in [0.3, 0.4) is 0 Å². The maximum absolute atomic E-state index is 4.88. The summed E-state index contributed by atoms with van der Waals surface area (Å²) in [5, 5.41) is 6.44. The molecule has 25 heavy (non-hydrogen) atoms. The van der Waals surface area contributed by atoms with Crippen LogP contribution in [-0.4, -0.2) is 14.4 Å². The molecule has 0 saturated carbocycles. The van der Waals surface area contributed by atoms with Crippen molar-refractivity contribution in [3.63, 3.8) is 0 Å². The Kier molecular flexibility index (Phi) is 4.01. The molecule has 0 spiro atoms. The van der Waals surface area contributed by atoms with Crippen LogP contribution >= 0.6 is 11.3 Å². The predicted molar refractivity (Wildman–Crippen MR) is 104 cm³/mol. The molecule has 0 fully saturated rings. The van der Waals surface area contributed by atoms with E-state index in [4.69, 9.17) is 4.98 Å². The molecule has 1 aromatic carbocycles. The second-order valence-corrected chi connectivity index (χ2v) is 7.21. The van der Waals surface area contributed by atoms with Gasteiger partial charge in [-0.15, -0.1) is 11.3 Å². The number of hydrogen-bond acceptors (Lipinski definition) is 4. The van der Waals surface area contributed by atoms with Gasteiger partial charge in [0.1, 0.15) is 5.65 Å². The highest BCUT2D eigenvalue weighted by Crippen LogP contribution is 2.26. The first kappa shape index (κ1) is 15.8. The average molecular weight is 348 g/mol. The molecule has 0 radical (unpaired) electrons. The normalized spacial score (nSPS) is 11.2. The zero-order valence-electron chi connectivity index (χ0n) is 14.6. The number of pyridine rings is 1. The van der Waals surface area contributed by atoms with Gasteiger partial charge in [-0.3, -0.25) is 0 Å². The molecular formula is C20H20N4S. The molecule has 0 aliphatic carbocycles. The van der Waals surface area contributed by atoms with Crippen LogP contribution in [0.4, 0.5) is 5.13 Å². The van der Waals surface area contributed by atoms with Crippen LogP contribution in [0.15, 0.2) is 48.0 Å². The minimum Gasteiger partial charge on any atom is -0.356 e. The van der Waals surface area contributed by atoms with Crippen LogP contribution in [0.1, 0.15) is 22.5 Å². The molecule has 3 heterocycles. The van der Waals surface area contributed by atoms with Gasteiger partial charge in [0.15, 0.2) is 5.13 Å². The molecule has 126 valence electrons. The van der Waals surface area contributed by atoms with Crippen molar-refractivity contribution in [2.45, 2.75) is 27.3 Å². The molecule has 4 nitrogen and oxygen atoms in total. The lowest BCUT2D eigenvalue weighted by Gasteiger charge is -2.07. The second-order valence-electron chi connectivity index (χ2n) is 6.36. The van der Waals surface area contributed by atoms with E-state index in [9.17, 15) is 0 Å². The van der Waals surface area contributed by atoms with Gasteiger partial charge >= 0.3 is 0 Å². The first-order valence-corrected chi connectivity index (χ1v) is 9.19. The number of hydrogen-bond donors (Lipinski definition) is 1. The van der Waals surface area contributed by atoms with Crippen molar-refractivity contribution < 1.29 is 0 Å². The quantitative estimate of drug-likeness (QED) is 0.564. The van der Waals surface area contributed by atoms with E-state index in [1.807, 2.05) is 6.92 Å². The minimum absolute atomic E-state index is 0.681. The zero-order valence-corrected chi connectivity index (χ0v) is 15.4. The first-order chi connectivity index (χ1) is 12.1. The molecule has 0 aliphatic rings. The summed E-state index contributed by atoms with van der Waals surface area (Å²) in [7, 11) is 0. The standard InChI is InChI=1S/C20H20N4S/c1-13-4-7-16(8-5-13)19-17(10-21-20-22-15(3)12-25-20)24-11-14(2)6-9-18(24)23-19/h4-9,11-12H,10H2,1-3H3,(H,21,22). The lowest BCUT2D eigenvalue weighted by atomic mass is 10.1. The van der Waals surface area contributed by atoms with E-state index in [0.717, 1.165) is 33.4 Å². The van der Waals surface area contributed by atoms with Crippen molar-refractivity contribution in [3.05, 3.63) is 70.5 Å². The average Bonchev–Trinajstić information content (AvgIpc) is 3.17. The number of aromatic nitrogens is 3. The molecule has 0 saturated heterocycles. The van der Waals surface area contributed by atoms with Gasteiger partial charge < -0.3 is 9.72 Å². The van der Waals surface area contributed by atoms with E-state index in [1.54, 1.807) is 11.3 Å². The predicted octanol–water partition coefficient (Wildman–Crippen LogP) is 5.00. The van der Waals surface area contributed by atoms with Gasteiger partial charge in [-0.05, 0) is 32.4 Å². The lowest BCUT2D eigenvalue weighted by molar-refractivity contribution is 0.994. The maximum atomic E-state index is 4.88. The third-order valence-electron chi connectivity index (χ3n) is 4.22. The molecule has 0 amide bonds. The summed E-state index contributed by atoms with van der Waals surface area (Å²) in [6.45, 7) is 6.90. The number of nitrogens with one attached hydrogen (secondary N) is 1. The number of fused-ring (bicyclic) bond motifs is 1. The molecule has 3 aromatic heterocycles. The Morgan fingerprint density at radius 3 is 2.44 bits per heavy atom. The monoisotopic (exact) mass is 348 g/mol. The van der Waals surface area contributed by atoms with Crippen LogP contribution < -0.4 is 5.32 Å². The topological polar surface area (TPSA) is 42.2 Å². The summed E-state index contributed by atoms with van der Waals surface area (Å²) in [5.41, 5.74) is 7.78.